The highest BCUT2D eigenvalue weighted by Gasteiger charge is 2.05. The fourth-order valence-electron chi connectivity index (χ4n) is 0.855. The standard InChI is InChI=1S/C8H9N3O3S/c9-10-8(12)5-15-7-3-1-6(2-4-7)11(13)14/h1-4H,5,9H2,(H,10,12). The Morgan fingerprint density at radius 1 is 1.47 bits per heavy atom. The number of nitrogens with two attached hydrogens (primary N) is 1. The summed E-state index contributed by atoms with van der Waals surface area (Å²) >= 11 is 1.26. The van der Waals surface area contributed by atoms with Crippen molar-refractivity contribution in [3.63, 3.8) is 0 Å². The summed E-state index contributed by atoms with van der Waals surface area (Å²) in [4.78, 5) is 21.4. The first-order valence-electron chi connectivity index (χ1n) is 4.00. The number of carbonyl (C=O) groups is 1. The van der Waals surface area contributed by atoms with Crippen molar-refractivity contribution < 1.29 is 9.72 Å². The Labute approximate surface area is 90.0 Å². The van der Waals surface area contributed by atoms with Gasteiger partial charge in [0.15, 0.2) is 0 Å². The van der Waals surface area contributed by atoms with Gasteiger partial charge in [-0.2, -0.15) is 0 Å². The van der Waals surface area contributed by atoms with E-state index in [1.54, 1.807) is 12.1 Å². The second-order valence-electron chi connectivity index (χ2n) is 2.61. The Kier molecular flexibility index (Phi) is 4.07. The van der Waals surface area contributed by atoms with Crippen molar-refractivity contribution in [2.24, 2.45) is 5.84 Å². The lowest BCUT2D eigenvalue weighted by molar-refractivity contribution is -0.384. The zero-order chi connectivity index (χ0) is 11.3. The van der Waals surface area contributed by atoms with Crippen LogP contribution < -0.4 is 11.3 Å². The molecule has 0 unspecified atom stereocenters. The molecule has 0 aliphatic rings. The van der Waals surface area contributed by atoms with Gasteiger partial charge in [-0.25, -0.2) is 5.84 Å². The molecule has 1 aromatic carbocycles. The minimum Gasteiger partial charge on any atom is -0.294 e. The number of nitrogens with zero attached hydrogens (tertiary/aromatic N) is 1. The Bertz CT molecular complexity index is 366. The summed E-state index contributed by atoms with van der Waals surface area (Å²) < 4.78 is 0. The molecule has 0 aliphatic heterocycles. The number of carbonyl (C=O) groups excluding carboxylic acids is 1. The van der Waals surface area contributed by atoms with Crippen LogP contribution in [0.5, 0.6) is 0 Å². The van der Waals surface area contributed by atoms with Crippen LogP contribution in [0.1, 0.15) is 0 Å². The minimum atomic E-state index is -0.471. The average molecular weight is 227 g/mol. The average Bonchev–Trinajstić information content (AvgIpc) is 2.26. The molecule has 0 aliphatic carbocycles. The highest BCUT2D eigenvalue weighted by molar-refractivity contribution is 8.00. The molecule has 7 heteroatoms. The molecular formula is C8H9N3O3S. The van der Waals surface area contributed by atoms with Gasteiger partial charge in [0.25, 0.3) is 5.69 Å². The van der Waals surface area contributed by atoms with E-state index >= 15 is 0 Å². The van der Waals surface area contributed by atoms with Crippen molar-refractivity contribution in [1.29, 1.82) is 0 Å². The Morgan fingerprint density at radius 3 is 2.53 bits per heavy atom. The summed E-state index contributed by atoms with van der Waals surface area (Å²) in [6.45, 7) is 0. The first kappa shape index (κ1) is 11.5. The number of amides is 1. The van der Waals surface area contributed by atoms with E-state index in [-0.39, 0.29) is 17.3 Å². The summed E-state index contributed by atoms with van der Waals surface area (Å²) in [7, 11) is 0. The number of hydrogen-bond acceptors (Lipinski definition) is 5. The molecule has 1 rings (SSSR count). The van der Waals surface area contributed by atoms with Gasteiger partial charge < -0.3 is 0 Å². The van der Waals surface area contributed by atoms with Crippen molar-refractivity contribution in [3.05, 3.63) is 34.4 Å². The maximum atomic E-state index is 10.8. The third kappa shape index (κ3) is 3.56. The summed E-state index contributed by atoms with van der Waals surface area (Å²) in [5.41, 5.74) is 2.03. The summed E-state index contributed by atoms with van der Waals surface area (Å²) in [6, 6.07) is 5.96. The quantitative estimate of drug-likeness (QED) is 0.259. The molecule has 0 atom stereocenters. The molecule has 1 amide bonds. The van der Waals surface area contributed by atoms with Crippen LogP contribution in [0.15, 0.2) is 29.2 Å². The third-order valence-corrected chi connectivity index (χ3v) is 2.59. The molecule has 0 aromatic heterocycles. The van der Waals surface area contributed by atoms with Crippen LogP contribution in [-0.2, 0) is 4.79 Å². The highest BCUT2D eigenvalue weighted by atomic mass is 32.2. The van der Waals surface area contributed by atoms with Gasteiger partial charge in [-0.15, -0.1) is 11.8 Å². The number of non-ortho nitro benzene ring substituents is 1. The maximum Gasteiger partial charge on any atom is 0.269 e. The molecule has 15 heavy (non-hydrogen) atoms. The number of hydrazine groups is 1. The zero-order valence-electron chi connectivity index (χ0n) is 7.67. The lowest BCUT2D eigenvalue weighted by atomic mass is 10.3. The van der Waals surface area contributed by atoms with Crippen molar-refractivity contribution in [1.82, 2.24) is 5.43 Å². The van der Waals surface area contributed by atoms with Gasteiger partial charge in [-0.05, 0) is 12.1 Å². The van der Waals surface area contributed by atoms with Gasteiger partial charge in [0, 0.05) is 17.0 Å². The fourth-order valence-corrected chi connectivity index (χ4v) is 1.56. The van der Waals surface area contributed by atoms with Crippen LogP contribution in [0.3, 0.4) is 0 Å². The molecule has 3 N–H and O–H groups in total. The van der Waals surface area contributed by atoms with E-state index in [2.05, 4.69) is 0 Å². The van der Waals surface area contributed by atoms with Crippen LogP contribution in [0, 0.1) is 10.1 Å². The Hall–Kier alpha value is -1.60. The topological polar surface area (TPSA) is 98.3 Å². The van der Waals surface area contributed by atoms with Crippen LogP contribution >= 0.6 is 11.8 Å². The molecule has 0 heterocycles. The molecule has 1 aromatic rings. The largest absolute Gasteiger partial charge is 0.294 e. The van der Waals surface area contributed by atoms with E-state index in [0.717, 1.165) is 4.90 Å². The zero-order valence-corrected chi connectivity index (χ0v) is 8.49. The maximum absolute atomic E-state index is 10.8. The van der Waals surface area contributed by atoms with E-state index in [9.17, 15) is 14.9 Å². The van der Waals surface area contributed by atoms with Crippen molar-refractivity contribution >= 4 is 23.4 Å². The predicted molar refractivity (Wildman–Crippen MR) is 56.2 cm³/mol. The number of benzene rings is 1. The normalized spacial score (nSPS) is 9.67. The SMILES string of the molecule is NNC(=O)CSc1ccc([N+](=O)[O-])cc1. The van der Waals surface area contributed by atoms with Gasteiger partial charge in [0.05, 0.1) is 10.7 Å². The van der Waals surface area contributed by atoms with E-state index in [1.807, 2.05) is 5.43 Å². The van der Waals surface area contributed by atoms with Gasteiger partial charge >= 0.3 is 0 Å². The molecule has 0 saturated heterocycles. The molecule has 0 radical (unpaired) electrons. The monoisotopic (exact) mass is 227 g/mol. The fraction of sp³-hybridized carbons (Fsp3) is 0.125. The van der Waals surface area contributed by atoms with E-state index in [0.29, 0.717) is 0 Å². The van der Waals surface area contributed by atoms with E-state index in [1.165, 1.54) is 23.9 Å². The van der Waals surface area contributed by atoms with Crippen LogP contribution in [0.25, 0.3) is 0 Å². The van der Waals surface area contributed by atoms with Gasteiger partial charge in [-0.1, -0.05) is 0 Å². The van der Waals surface area contributed by atoms with Crippen molar-refractivity contribution in [2.45, 2.75) is 4.90 Å². The first-order chi connectivity index (χ1) is 7.13. The molecule has 80 valence electrons. The van der Waals surface area contributed by atoms with Crippen LogP contribution in [-0.4, -0.2) is 16.6 Å². The Balaban J connectivity index is 2.57. The minimum absolute atomic E-state index is 0.0302. The second-order valence-corrected chi connectivity index (χ2v) is 3.66. The van der Waals surface area contributed by atoms with Crippen LogP contribution in [0.2, 0.25) is 0 Å². The summed E-state index contributed by atoms with van der Waals surface area (Å²) in [5, 5.41) is 10.3. The van der Waals surface area contributed by atoms with Crippen molar-refractivity contribution in [3.8, 4) is 0 Å². The van der Waals surface area contributed by atoms with Gasteiger partial charge in [0.1, 0.15) is 0 Å². The second kappa shape index (κ2) is 5.32. The van der Waals surface area contributed by atoms with E-state index in [4.69, 9.17) is 5.84 Å². The number of hydrogen-bond donors (Lipinski definition) is 2. The lowest BCUT2D eigenvalue weighted by Crippen LogP contribution is -2.31. The number of nitro groups is 1. The molecule has 6 nitrogen and oxygen atoms in total. The van der Waals surface area contributed by atoms with Crippen molar-refractivity contribution in [2.75, 3.05) is 5.75 Å². The van der Waals surface area contributed by atoms with Gasteiger partial charge in [-0.3, -0.25) is 20.3 Å². The molecule has 0 spiro atoms. The summed E-state index contributed by atoms with van der Waals surface area (Å²) in [5.74, 6) is 4.79. The number of thioether (sulfide) groups is 1. The smallest absolute Gasteiger partial charge is 0.269 e. The van der Waals surface area contributed by atoms with Gasteiger partial charge in [0.2, 0.25) is 5.91 Å². The lowest BCUT2D eigenvalue weighted by Gasteiger charge is -1.99. The Morgan fingerprint density at radius 2 is 2.07 bits per heavy atom. The predicted octanol–water partition coefficient (Wildman–Crippen LogP) is 0.677. The molecular weight excluding hydrogens is 218 g/mol. The summed E-state index contributed by atoms with van der Waals surface area (Å²) in [6.07, 6.45) is 0. The molecule has 0 saturated carbocycles. The number of rotatable bonds is 4. The molecule has 0 bridgehead atoms. The first-order valence-corrected chi connectivity index (χ1v) is 4.98. The number of nitro benzene ring substituents is 1. The highest BCUT2D eigenvalue weighted by Crippen LogP contribution is 2.20. The van der Waals surface area contributed by atoms with Crippen LogP contribution in [0.4, 0.5) is 5.69 Å². The van der Waals surface area contributed by atoms with E-state index < -0.39 is 4.92 Å². The number of nitrogens with one attached hydrogen (secondary N) is 1. The molecule has 0 fully saturated rings. The third-order valence-electron chi connectivity index (χ3n) is 1.58.